The van der Waals surface area contributed by atoms with Crippen LogP contribution in [0.1, 0.15) is 22.3 Å². The van der Waals surface area contributed by atoms with Crippen LogP contribution in [0.15, 0.2) is 91.3 Å². The number of rotatable bonds is 5. The molecule has 3 aliphatic heterocycles. The number of ether oxygens (including phenoxy) is 4. The fourth-order valence-corrected chi connectivity index (χ4v) is 5.42. The van der Waals surface area contributed by atoms with E-state index in [4.69, 9.17) is 18.9 Å². The average molecular weight is 623 g/mol. The van der Waals surface area contributed by atoms with Crippen molar-refractivity contribution in [1.29, 1.82) is 0 Å². The van der Waals surface area contributed by atoms with Gasteiger partial charge in [0.05, 0.1) is 38.3 Å². The fraction of sp³-hybridized carbons (Fsp3) is 0.257. The summed E-state index contributed by atoms with van der Waals surface area (Å²) in [6.07, 6.45) is 2.78. The monoisotopic (exact) mass is 622 g/mol. The number of carbonyl (C=O) groups excluding carboxylic acids is 3. The Morgan fingerprint density at radius 3 is 2.63 bits per heavy atom. The first-order valence-electron chi connectivity index (χ1n) is 15.0. The van der Waals surface area contributed by atoms with Gasteiger partial charge >= 0.3 is 0 Å². The van der Waals surface area contributed by atoms with Gasteiger partial charge in [-0.1, -0.05) is 30.3 Å². The van der Waals surface area contributed by atoms with Crippen molar-refractivity contribution in [2.24, 2.45) is 0 Å². The molecule has 0 spiro atoms. The largest absolute Gasteiger partial charge is 0.496 e. The molecule has 11 nitrogen and oxygen atoms in total. The van der Waals surface area contributed by atoms with E-state index in [9.17, 15) is 14.4 Å². The van der Waals surface area contributed by atoms with Gasteiger partial charge in [-0.3, -0.25) is 19.4 Å². The van der Waals surface area contributed by atoms with Crippen molar-refractivity contribution in [3.63, 3.8) is 0 Å². The predicted octanol–water partition coefficient (Wildman–Crippen LogP) is 3.62. The third kappa shape index (κ3) is 7.37. The molecule has 7 rings (SSSR count). The highest BCUT2D eigenvalue weighted by Gasteiger charge is 2.38. The predicted molar refractivity (Wildman–Crippen MR) is 169 cm³/mol. The van der Waals surface area contributed by atoms with Gasteiger partial charge in [-0.05, 0) is 48.0 Å². The lowest BCUT2D eigenvalue weighted by Crippen LogP contribution is -2.45. The summed E-state index contributed by atoms with van der Waals surface area (Å²) in [7, 11) is 1.54. The molecule has 1 fully saturated rings. The fourth-order valence-electron chi connectivity index (χ4n) is 5.42. The number of amides is 3. The lowest BCUT2D eigenvalue weighted by molar-refractivity contribution is -0.131. The van der Waals surface area contributed by atoms with Gasteiger partial charge < -0.3 is 34.5 Å². The van der Waals surface area contributed by atoms with Gasteiger partial charge in [0.25, 0.3) is 11.8 Å². The number of methoxy groups -OCH3 is 1. The van der Waals surface area contributed by atoms with Gasteiger partial charge in [0, 0.05) is 42.7 Å². The van der Waals surface area contributed by atoms with Crippen molar-refractivity contribution in [3.8, 4) is 34.1 Å². The summed E-state index contributed by atoms with van der Waals surface area (Å²) in [4.78, 5) is 45.4. The van der Waals surface area contributed by atoms with E-state index >= 15 is 0 Å². The maximum Gasteiger partial charge on any atom is 0.258 e. The van der Waals surface area contributed by atoms with E-state index in [0.29, 0.717) is 34.1 Å². The van der Waals surface area contributed by atoms with E-state index in [1.165, 1.54) is 13.3 Å². The number of pyridine rings is 1. The molecule has 11 heteroatoms. The molecule has 0 unspecified atom stereocenters. The van der Waals surface area contributed by atoms with Gasteiger partial charge in [-0.25, -0.2) is 0 Å². The number of hydrogen-bond acceptors (Lipinski definition) is 8. The van der Waals surface area contributed by atoms with Crippen molar-refractivity contribution in [2.45, 2.75) is 25.1 Å². The van der Waals surface area contributed by atoms with Crippen LogP contribution < -0.4 is 29.6 Å². The van der Waals surface area contributed by atoms with Crippen LogP contribution in [0.5, 0.6) is 23.0 Å². The first-order chi connectivity index (χ1) is 22.4. The third-order valence-electron chi connectivity index (χ3n) is 7.82. The first-order valence-corrected chi connectivity index (χ1v) is 15.0. The van der Waals surface area contributed by atoms with Crippen LogP contribution in [0.3, 0.4) is 0 Å². The number of para-hydroxylation sites is 1. The minimum Gasteiger partial charge on any atom is -0.496 e. The number of fused-ring (bicyclic) bond motifs is 7. The van der Waals surface area contributed by atoms with Crippen molar-refractivity contribution < 1.29 is 33.3 Å². The Bertz CT molecular complexity index is 1710. The number of likely N-dealkylation sites (tertiary alicyclic amines) is 1. The normalized spacial score (nSPS) is 17.9. The number of aromatic nitrogens is 1. The summed E-state index contributed by atoms with van der Waals surface area (Å²) < 4.78 is 23.4. The van der Waals surface area contributed by atoms with E-state index < -0.39 is 12.1 Å². The molecule has 3 amide bonds. The van der Waals surface area contributed by atoms with Crippen molar-refractivity contribution in [2.75, 3.05) is 33.4 Å². The zero-order valence-electron chi connectivity index (χ0n) is 25.3. The highest BCUT2D eigenvalue weighted by Crippen LogP contribution is 2.28. The Labute approximate surface area is 266 Å². The SMILES string of the molecule is COc1cc2ccc1CNC(=O)COc1cccc(c1)-c1cncc(c1)C(=O)N[C@H]1CN(C(=O)CCOc3ccccc3)C[C@@H]1O2. The molecule has 0 saturated carbocycles. The number of hydrogen-bond donors (Lipinski definition) is 2. The van der Waals surface area contributed by atoms with Gasteiger partial charge in [0.15, 0.2) is 6.61 Å². The van der Waals surface area contributed by atoms with E-state index in [1.54, 1.807) is 47.5 Å². The Morgan fingerprint density at radius 1 is 0.935 bits per heavy atom. The lowest BCUT2D eigenvalue weighted by Gasteiger charge is -2.22. The van der Waals surface area contributed by atoms with Gasteiger partial charge in [0.2, 0.25) is 5.91 Å². The van der Waals surface area contributed by atoms with Crippen molar-refractivity contribution in [3.05, 3.63) is 102 Å². The molecule has 2 N–H and O–H groups in total. The summed E-state index contributed by atoms with van der Waals surface area (Å²) in [5.41, 5.74) is 2.58. The maximum absolute atomic E-state index is 13.6. The summed E-state index contributed by atoms with van der Waals surface area (Å²) >= 11 is 0. The minimum absolute atomic E-state index is 0.110. The zero-order valence-corrected chi connectivity index (χ0v) is 25.3. The molecular formula is C35H34N4O7. The molecule has 3 aliphatic rings. The van der Waals surface area contributed by atoms with E-state index in [2.05, 4.69) is 15.6 Å². The van der Waals surface area contributed by atoms with Crippen LogP contribution in [-0.2, 0) is 16.1 Å². The summed E-state index contributed by atoms with van der Waals surface area (Å²) in [5, 5.41) is 5.94. The number of nitrogens with zero attached hydrogens (tertiary/aromatic N) is 2. The second kappa shape index (κ2) is 14.0. The molecule has 0 radical (unpaired) electrons. The third-order valence-corrected chi connectivity index (χ3v) is 7.82. The van der Waals surface area contributed by atoms with Crippen LogP contribution in [0.4, 0.5) is 0 Å². The Hall–Kier alpha value is -5.58. The van der Waals surface area contributed by atoms with Crippen molar-refractivity contribution >= 4 is 17.7 Å². The zero-order chi connectivity index (χ0) is 31.9. The Kier molecular flexibility index (Phi) is 9.28. The van der Waals surface area contributed by atoms with Gasteiger partial charge in [0.1, 0.15) is 29.1 Å². The second-order valence-electron chi connectivity index (χ2n) is 11.0. The van der Waals surface area contributed by atoms with E-state index in [0.717, 1.165) is 11.1 Å². The molecule has 1 aromatic heterocycles. The van der Waals surface area contributed by atoms with Crippen LogP contribution in [0.2, 0.25) is 0 Å². The van der Waals surface area contributed by atoms with Crippen LogP contribution in [0, 0.1) is 0 Å². The van der Waals surface area contributed by atoms with Gasteiger partial charge in [-0.2, -0.15) is 0 Å². The smallest absolute Gasteiger partial charge is 0.258 e. The topological polar surface area (TPSA) is 128 Å². The van der Waals surface area contributed by atoms with E-state index in [-0.39, 0.29) is 57.0 Å². The number of benzene rings is 3. The Balaban J connectivity index is 1.26. The standard InChI is InChI=1S/C35H34N4O7/c1-43-31-16-29-11-10-24(31)19-37-33(40)22-45-28-9-5-6-23(15-28)25-14-26(18-36-17-25)35(42)38-30-20-39(21-32(30)46-29)34(41)12-13-44-27-7-3-2-4-8-27/h2-11,14-18,30,32H,12-13,19-22H2,1H3,(H,37,40)(H,38,42)/t30-,32-/m0/s1. The molecule has 2 atom stereocenters. The molecule has 1 saturated heterocycles. The van der Waals surface area contributed by atoms with Crippen LogP contribution in [0.25, 0.3) is 11.1 Å². The molecule has 236 valence electrons. The molecule has 0 aliphatic carbocycles. The molecule has 3 aromatic carbocycles. The maximum atomic E-state index is 13.6. The summed E-state index contributed by atoms with van der Waals surface area (Å²) in [5.74, 6) is 1.46. The molecule has 4 aromatic rings. The summed E-state index contributed by atoms with van der Waals surface area (Å²) in [6, 6.07) is 23.1. The first kappa shape index (κ1) is 30.4. The lowest BCUT2D eigenvalue weighted by atomic mass is 10.1. The second-order valence-corrected chi connectivity index (χ2v) is 11.0. The number of nitrogens with one attached hydrogen (secondary N) is 2. The number of carbonyl (C=O) groups is 3. The molecule has 6 bridgehead atoms. The molecule has 4 heterocycles. The molecular weight excluding hydrogens is 588 g/mol. The minimum atomic E-state index is -0.547. The quantitative estimate of drug-likeness (QED) is 0.346. The highest BCUT2D eigenvalue weighted by molar-refractivity contribution is 5.95. The van der Waals surface area contributed by atoms with Crippen LogP contribution in [-0.4, -0.2) is 73.2 Å². The average Bonchev–Trinajstić information content (AvgIpc) is 3.48. The van der Waals surface area contributed by atoms with E-state index in [1.807, 2.05) is 42.5 Å². The highest BCUT2D eigenvalue weighted by atomic mass is 16.5. The van der Waals surface area contributed by atoms with Crippen LogP contribution >= 0.6 is 0 Å². The van der Waals surface area contributed by atoms with Crippen molar-refractivity contribution in [1.82, 2.24) is 20.5 Å². The van der Waals surface area contributed by atoms with Gasteiger partial charge in [-0.15, -0.1) is 0 Å². The Morgan fingerprint density at radius 2 is 1.78 bits per heavy atom. The molecule has 46 heavy (non-hydrogen) atoms. The summed E-state index contributed by atoms with van der Waals surface area (Å²) in [6.45, 7) is 0.792.